The van der Waals surface area contributed by atoms with Crippen molar-refractivity contribution in [2.45, 2.75) is 17.9 Å². The van der Waals surface area contributed by atoms with Gasteiger partial charge in [-0.05, 0) is 29.7 Å². The topological polar surface area (TPSA) is 78.4 Å². The molecule has 2 rings (SSSR count). The van der Waals surface area contributed by atoms with Gasteiger partial charge >= 0.3 is 0 Å². The van der Waals surface area contributed by atoms with Crippen LogP contribution in [-0.4, -0.2) is 26.6 Å². The quantitative estimate of drug-likeness (QED) is 0.609. The molecule has 0 heterocycles. The number of aliphatic hydroxyl groups is 1. The van der Waals surface area contributed by atoms with Crippen LogP contribution in [0.3, 0.4) is 0 Å². The lowest BCUT2D eigenvalue weighted by atomic mass is 10.1. The molecule has 2 aromatic carbocycles. The van der Waals surface area contributed by atoms with Crippen LogP contribution in [0.2, 0.25) is 0 Å². The number of aliphatic hydroxyl groups excluding tert-OH is 1. The molecule has 3 N–H and O–H groups in total. The Morgan fingerprint density at radius 2 is 1.71 bits per heavy atom. The van der Waals surface area contributed by atoms with Gasteiger partial charge in [-0.25, -0.2) is 13.1 Å². The molecule has 0 saturated heterocycles. The highest BCUT2D eigenvalue weighted by molar-refractivity contribution is 7.89. The van der Waals surface area contributed by atoms with Gasteiger partial charge in [0.05, 0.1) is 12.3 Å². The van der Waals surface area contributed by atoms with E-state index in [4.69, 9.17) is 5.11 Å². The summed E-state index contributed by atoms with van der Waals surface area (Å²) in [5.41, 5.74) is 2.56. The van der Waals surface area contributed by atoms with Crippen molar-refractivity contribution in [1.29, 1.82) is 0 Å². The van der Waals surface area contributed by atoms with Gasteiger partial charge in [0.2, 0.25) is 10.0 Å². The Morgan fingerprint density at radius 3 is 2.38 bits per heavy atom. The Balaban J connectivity index is 2.03. The molecule has 0 aliphatic rings. The lowest BCUT2D eigenvalue weighted by Crippen LogP contribution is -2.24. The fourth-order valence-corrected chi connectivity index (χ4v) is 3.43. The van der Waals surface area contributed by atoms with Gasteiger partial charge in [0.1, 0.15) is 4.90 Å². The van der Waals surface area contributed by atoms with E-state index in [1.54, 1.807) is 24.3 Å². The first-order valence-corrected chi connectivity index (χ1v) is 9.17. The lowest BCUT2D eigenvalue weighted by molar-refractivity contribution is 0.282. The summed E-state index contributed by atoms with van der Waals surface area (Å²) in [6, 6.07) is 14.5. The summed E-state index contributed by atoms with van der Waals surface area (Å²) in [5, 5.41) is 12.2. The summed E-state index contributed by atoms with van der Waals surface area (Å²) in [5.74, 6) is 0. The zero-order valence-corrected chi connectivity index (χ0v) is 14.2. The zero-order valence-electron chi connectivity index (χ0n) is 13.4. The molecule has 0 aliphatic carbocycles. The van der Waals surface area contributed by atoms with Crippen molar-refractivity contribution in [3.05, 3.63) is 72.3 Å². The molecular weight excluding hydrogens is 324 g/mol. The number of hydrogen-bond acceptors (Lipinski definition) is 4. The van der Waals surface area contributed by atoms with Crippen LogP contribution in [0.5, 0.6) is 0 Å². The number of para-hydroxylation sites is 1. The molecule has 24 heavy (non-hydrogen) atoms. The molecule has 0 radical (unpaired) electrons. The van der Waals surface area contributed by atoms with Crippen molar-refractivity contribution in [2.75, 3.05) is 18.4 Å². The van der Waals surface area contributed by atoms with E-state index in [1.165, 1.54) is 6.08 Å². The van der Waals surface area contributed by atoms with E-state index in [0.717, 1.165) is 17.5 Å². The summed E-state index contributed by atoms with van der Waals surface area (Å²) < 4.78 is 27.1. The molecular formula is C18H22N2O3S. The van der Waals surface area contributed by atoms with Crippen LogP contribution >= 0.6 is 0 Å². The van der Waals surface area contributed by atoms with Gasteiger partial charge < -0.3 is 10.4 Å². The first kappa shape index (κ1) is 18.2. The largest absolute Gasteiger partial charge is 0.392 e. The minimum Gasteiger partial charge on any atom is -0.392 e. The molecule has 5 nitrogen and oxygen atoms in total. The first-order valence-electron chi connectivity index (χ1n) is 7.69. The van der Waals surface area contributed by atoms with Crippen molar-refractivity contribution in [3.63, 3.8) is 0 Å². The molecule has 0 spiro atoms. The van der Waals surface area contributed by atoms with Gasteiger partial charge in [-0.15, -0.1) is 6.58 Å². The molecule has 2 aromatic rings. The van der Waals surface area contributed by atoms with E-state index < -0.39 is 10.0 Å². The predicted octanol–water partition coefficient (Wildman–Crippen LogP) is 2.30. The van der Waals surface area contributed by atoms with Gasteiger partial charge in [-0.1, -0.05) is 42.5 Å². The van der Waals surface area contributed by atoms with Crippen molar-refractivity contribution >= 4 is 15.7 Å². The van der Waals surface area contributed by atoms with Crippen molar-refractivity contribution in [3.8, 4) is 0 Å². The number of hydrogen-bond donors (Lipinski definition) is 3. The molecule has 0 atom stereocenters. The highest BCUT2D eigenvalue weighted by Gasteiger charge is 2.16. The smallest absolute Gasteiger partial charge is 0.242 e. The number of benzene rings is 2. The second kappa shape index (κ2) is 8.63. The van der Waals surface area contributed by atoms with Crippen LogP contribution in [0.25, 0.3) is 0 Å². The van der Waals surface area contributed by atoms with Gasteiger partial charge in [0, 0.05) is 13.1 Å². The summed E-state index contributed by atoms with van der Waals surface area (Å²) in [6.45, 7) is 4.34. The summed E-state index contributed by atoms with van der Waals surface area (Å²) in [7, 11) is -3.57. The summed E-state index contributed by atoms with van der Waals surface area (Å²) >= 11 is 0. The van der Waals surface area contributed by atoms with Crippen molar-refractivity contribution < 1.29 is 13.5 Å². The van der Waals surface area contributed by atoms with Gasteiger partial charge in [0.15, 0.2) is 0 Å². The van der Waals surface area contributed by atoms with E-state index in [-0.39, 0.29) is 18.0 Å². The number of anilines is 1. The highest BCUT2D eigenvalue weighted by Crippen LogP contribution is 2.20. The molecule has 6 heteroatoms. The second-order valence-electron chi connectivity index (χ2n) is 5.29. The zero-order chi connectivity index (χ0) is 17.4. The molecule has 0 aromatic heterocycles. The Kier molecular flexibility index (Phi) is 6.54. The summed E-state index contributed by atoms with van der Waals surface area (Å²) in [4.78, 5) is 0.225. The lowest BCUT2D eigenvalue weighted by Gasteiger charge is -2.13. The third-order valence-corrected chi connectivity index (χ3v) is 5.01. The average molecular weight is 346 g/mol. The highest BCUT2D eigenvalue weighted by atomic mass is 32.2. The molecule has 0 fully saturated rings. The number of rotatable bonds is 9. The van der Waals surface area contributed by atoms with E-state index in [1.807, 2.05) is 24.3 Å². The van der Waals surface area contributed by atoms with Crippen LogP contribution in [0.15, 0.2) is 66.1 Å². The van der Waals surface area contributed by atoms with Crippen LogP contribution in [0, 0.1) is 0 Å². The maximum Gasteiger partial charge on any atom is 0.242 e. The fourth-order valence-electron chi connectivity index (χ4n) is 2.25. The minimum atomic E-state index is -3.57. The van der Waals surface area contributed by atoms with E-state index in [0.29, 0.717) is 12.2 Å². The Hall–Kier alpha value is -2.15. The molecule has 0 bridgehead atoms. The van der Waals surface area contributed by atoms with Gasteiger partial charge in [-0.3, -0.25) is 0 Å². The molecule has 0 unspecified atom stereocenters. The monoisotopic (exact) mass is 346 g/mol. The summed E-state index contributed by atoms with van der Waals surface area (Å²) in [6.07, 6.45) is 2.25. The van der Waals surface area contributed by atoms with Crippen LogP contribution in [-0.2, 0) is 23.1 Å². The number of sulfonamides is 1. The van der Waals surface area contributed by atoms with Crippen LogP contribution in [0.4, 0.5) is 5.69 Å². The van der Waals surface area contributed by atoms with Crippen LogP contribution < -0.4 is 10.0 Å². The third-order valence-electron chi connectivity index (χ3n) is 3.53. The molecule has 0 saturated carbocycles. The number of nitrogens with one attached hydrogen (secondary N) is 2. The van der Waals surface area contributed by atoms with E-state index in [9.17, 15) is 8.42 Å². The standard InChI is InChI=1S/C18H22N2O3S/c1-2-12-20-24(22,23)18-6-4-3-5-17(18)19-13-11-15-7-9-16(14-21)10-8-15/h2-10,19-21H,1,11-14H2. The minimum absolute atomic E-state index is 0.0292. The third kappa shape index (κ3) is 4.92. The maximum absolute atomic E-state index is 12.3. The Bertz CT molecular complexity index is 771. The van der Waals surface area contributed by atoms with Gasteiger partial charge in [0.25, 0.3) is 0 Å². The van der Waals surface area contributed by atoms with Gasteiger partial charge in [-0.2, -0.15) is 0 Å². The maximum atomic E-state index is 12.3. The molecule has 0 amide bonds. The second-order valence-corrected chi connectivity index (χ2v) is 7.02. The molecule has 128 valence electrons. The SMILES string of the molecule is C=CCNS(=O)(=O)c1ccccc1NCCc1ccc(CO)cc1. The van der Waals surface area contributed by atoms with E-state index >= 15 is 0 Å². The first-order chi connectivity index (χ1) is 11.6. The predicted molar refractivity (Wildman–Crippen MR) is 96.4 cm³/mol. The Labute approximate surface area is 143 Å². The Morgan fingerprint density at radius 1 is 1.04 bits per heavy atom. The van der Waals surface area contributed by atoms with Crippen LogP contribution in [0.1, 0.15) is 11.1 Å². The average Bonchev–Trinajstić information content (AvgIpc) is 2.61. The van der Waals surface area contributed by atoms with Crippen molar-refractivity contribution in [1.82, 2.24) is 4.72 Å². The fraction of sp³-hybridized carbons (Fsp3) is 0.222. The molecule has 0 aliphatic heterocycles. The van der Waals surface area contributed by atoms with Crippen molar-refractivity contribution in [2.24, 2.45) is 0 Å². The normalized spacial score (nSPS) is 11.2. The van der Waals surface area contributed by atoms with E-state index in [2.05, 4.69) is 16.6 Å².